The van der Waals surface area contributed by atoms with Crippen LogP contribution in [0.2, 0.25) is 0 Å². The smallest absolute Gasteiger partial charge is 0.112 e. The molecule has 1 aromatic heterocycles. The second-order valence-corrected chi connectivity index (χ2v) is 3.68. The predicted octanol–water partition coefficient (Wildman–Crippen LogP) is 3.14. The zero-order valence-electron chi connectivity index (χ0n) is 9.58. The average Bonchev–Trinajstić information content (AvgIpc) is 2.59. The van der Waals surface area contributed by atoms with Crippen molar-refractivity contribution in [3.8, 4) is 0 Å². The number of rotatable bonds is 7. The summed E-state index contributed by atoms with van der Waals surface area (Å²) < 4.78 is 2.24. The van der Waals surface area contributed by atoms with E-state index in [-0.39, 0.29) is 0 Å². The molecule has 2 nitrogen and oxygen atoms in total. The Morgan fingerprint density at radius 1 is 1.33 bits per heavy atom. The number of imidazole rings is 1. The van der Waals surface area contributed by atoms with E-state index in [2.05, 4.69) is 35.8 Å². The van der Waals surface area contributed by atoms with Crippen molar-refractivity contribution in [3.05, 3.63) is 43.0 Å². The van der Waals surface area contributed by atoms with Crippen molar-refractivity contribution in [2.75, 3.05) is 0 Å². The molecule has 1 heterocycles. The molecule has 0 aliphatic heterocycles. The van der Waals surface area contributed by atoms with Gasteiger partial charge in [-0.3, -0.25) is 0 Å². The minimum absolute atomic E-state index is 0.848. The van der Waals surface area contributed by atoms with Crippen LogP contribution < -0.4 is 0 Å². The van der Waals surface area contributed by atoms with Gasteiger partial charge < -0.3 is 4.57 Å². The molecule has 0 radical (unpaired) electrons. The number of aryl methyl sites for hydroxylation is 1. The van der Waals surface area contributed by atoms with Gasteiger partial charge in [0.2, 0.25) is 0 Å². The SMILES string of the molecule is C=CCc1cn(CCCC)c(CC=C)n1. The normalized spacial score (nSPS) is 10.2. The number of unbranched alkanes of at least 4 members (excludes halogenated alkanes) is 1. The van der Waals surface area contributed by atoms with Gasteiger partial charge in [0, 0.05) is 25.6 Å². The Labute approximate surface area is 92.3 Å². The van der Waals surface area contributed by atoms with Crippen LogP contribution in [0.4, 0.5) is 0 Å². The lowest BCUT2D eigenvalue weighted by molar-refractivity contribution is 0.610. The number of nitrogens with zero attached hydrogens (tertiary/aromatic N) is 2. The molecule has 0 aliphatic carbocycles. The van der Waals surface area contributed by atoms with Crippen molar-refractivity contribution >= 4 is 0 Å². The summed E-state index contributed by atoms with van der Waals surface area (Å²) in [4.78, 5) is 4.56. The van der Waals surface area contributed by atoms with Crippen molar-refractivity contribution < 1.29 is 0 Å². The largest absolute Gasteiger partial charge is 0.334 e. The first-order valence-corrected chi connectivity index (χ1v) is 5.58. The van der Waals surface area contributed by atoms with Gasteiger partial charge in [-0.25, -0.2) is 4.98 Å². The van der Waals surface area contributed by atoms with Crippen molar-refractivity contribution in [1.82, 2.24) is 9.55 Å². The summed E-state index contributed by atoms with van der Waals surface area (Å²) in [5, 5.41) is 0. The van der Waals surface area contributed by atoms with Crippen LogP contribution in [0.3, 0.4) is 0 Å². The first-order chi connectivity index (χ1) is 7.31. The molecule has 82 valence electrons. The van der Waals surface area contributed by atoms with Gasteiger partial charge in [-0.2, -0.15) is 0 Å². The van der Waals surface area contributed by atoms with Gasteiger partial charge in [0.05, 0.1) is 5.69 Å². The minimum atomic E-state index is 0.848. The molecular formula is C13H20N2. The van der Waals surface area contributed by atoms with Crippen LogP contribution in [0.5, 0.6) is 0 Å². The van der Waals surface area contributed by atoms with E-state index in [0.717, 1.165) is 30.9 Å². The van der Waals surface area contributed by atoms with Crippen molar-refractivity contribution in [3.63, 3.8) is 0 Å². The molecule has 0 unspecified atom stereocenters. The second kappa shape index (κ2) is 6.23. The molecule has 0 bridgehead atoms. The topological polar surface area (TPSA) is 17.8 Å². The predicted molar refractivity (Wildman–Crippen MR) is 64.9 cm³/mol. The molecule has 0 aliphatic rings. The Bertz CT molecular complexity index is 323. The fourth-order valence-electron chi connectivity index (χ4n) is 1.57. The molecule has 0 amide bonds. The van der Waals surface area contributed by atoms with E-state index < -0.39 is 0 Å². The summed E-state index contributed by atoms with van der Waals surface area (Å²) in [5.41, 5.74) is 1.11. The van der Waals surface area contributed by atoms with E-state index in [1.807, 2.05) is 12.2 Å². The summed E-state index contributed by atoms with van der Waals surface area (Å²) in [6, 6.07) is 0. The summed E-state index contributed by atoms with van der Waals surface area (Å²) in [7, 11) is 0. The van der Waals surface area contributed by atoms with E-state index >= 15 is 0 Å². The van der Waals surface area contributed by atoms with Gasteiger partial charge in [0.15, 0.2) is 0 Å². The van der Waals surface area contributed by atoms with Crippen molar-refractivity contribution in [1.29, 1.82) is 0 Å². The summed E-state index contributed by atoms with van der Waals surface area (Å²) >= 11 is 0. The number of aromatic nitrogens is 2. The molecule has 0 saturated carbocycles. The van der Waals surface area contributed by atoms with Crippen LogP contribution in [-0.4, -0.2) is 9.55 Å². The lowest BCUT2D eigenvalue weighted by Gasteiger charge is -2.03. The van der Waals surface area contributed by atoms with Gasteiger partial charge in [0.25, 0.3) is 0 Å². The third-order valence-corrected chi connectivity index (χ3v) is 2.34. The molecule has 0 N–H and O–H groups in total. The highest BCUT2D eigenvalue weighted by atomic mass is 15.1. The molecular weight excluding hydrogens is 184 g/mol. The maximum Gasteiger partial charge on any atom is 0.112 e. The second-order valence-electron chi connectivity index (χ2n) is 3.68. The Morgan fingerprint density at radius 2 is 2.07 bits per heavy atom. The molecule has 1 rings (SSSR count). The summed E-state index contributed by atoms with van der Waals surface area (Å²) in [6.45, 7) is 10.8. The first kappa shape index (κ1) is 11.8. The third-order valence-electron chi connectivity index (χ3n) is 2.34. The van der Waals surface area contributed by atoms with E-state index in [4.69, 9.17) is 0 Å². The van der Waals surface area contributed by atoms with Gasteiger partial charge in [0.1, 0.15) is 5.82 Å². The fourth-order valence-corrected chi connectivity index (χ4v) is 1.57. The van der Waals surface area contributed by atoms with Crippen LogP contribution >= 0.6 is 0 Å². The highest BCUT2D eigenvalue weighted by molar-refractivity contribution is 5.09. The van der Waals surface area contributed by atoms with E-state index in [1.54, 1.807) is 0 Å². The molecule has 0 atom stereocenters. The molecule has 0 spiro atoms. The van der Waals surface area contributed by atoms with Crippen molar-refractivity contribution in [2.45, 2.75) is 39.2 Å². The van der Waals surface area contributed by atoms with Crippen LogP contribution in [0.25, 0.3) is 0 Å². The Kier molecular flexibility index (Phi) is 4.88. The van der Waals surface area contributed by atoms with Gasteiger partial charge in [-0.15, -0.1) is 13.2 Å². The molecule has 0 fully saturated rings. The highest BCUT2D eigenvalue weighted by Crippen LogP contribution is 2.08. The van der Waals surface area contributed by atoms with Crippen LogP contribution in [0.1, 0.15) is 31.3 Å². The lowest BCUT2D eigenvalue weighted by atomic mass is 10.3. The Balaban J connectivity index is 2.78. The maximum atomic E-state index is 4.56. The molecule has 0 saturated heterocycles. The summed E-state index contributed by atoms with van der Waals surface area (Å²) in [5.74, 6) is 1.12. The van der Waals surface area contributed by atoms with Gasteiger partial charge >= 0.3 is 0 Å². The number of hydrogen-bond acceptors (Lipinski definition) is 1. The van der Waals surface area contributed by atoms with Crippen LogP contribution in [0.15, 0.2) is 31.5 Å². The quantitative estimate of drug-likeness (QED) is 0.624. The molecule has 1 aromatic rings. The molecule has 2 heteroatoms. The highest BCUT2D eigenvalue weighted by Gasteiger charge is 2.04. The van der Waals surface area contributed by atoms with E-state index in [9.17, 15) is 0 Å². The van der Waals surface area contributed by atoms with Crippen LogP contribution in [0, 0.1) is 0 Å². The maximum absolute atomic E-state index is 4.56. The van der Waals surface area contributed by atoms with E-state index in [1.165, 1.54) is 12.8 Å². The number of allylic oxidation sites excluding steroid dienone is 2. The zero-order chi connectivity index (χ0) is 11.1. The Hall–Kier alpha value is -1.31. The van der Waals surface area contributed by atoms with E-state index in [0.29, 0.717) is 0 Å². The first-order valence-electron chi connectivity index (χ1n) is 5.58. The average molecular weight is 204 g/mol. The lowest BCUT2D eigenvalue weighted by Crippen LogP contribution is -2.01. The summed E-state index contributed by atoms with van der Waals surface area (Å²) in [6.07, 6.45) is 10.0. The van der Waals surface area contributed by atoms with Crippen molar-refractivity contribution in [2.24, 2.45) is 0 Å². The number of hydrogen-bond donors (Lipinski definition) is 0. The monoisotopic (exact) mass is 204 g/mol. The standard InChI is InChI=1S/C13H20N2/c1-4-7-10-15-11-12(8-5-2)14-13(15)9-6-3/h5-6,11H,2-4,7-10H2,1H3. The molecule has 15 heavy (non-hydrogen) atoms. The fraction of sp³-hybridized carbons (Fsp3) is 0.462. The van der Waals surface area contributed by atoms with Gasteiger partial charge in [-0.1, -0.05) is 25.5 Å². The Morgan fingerprint density at radius 3 is 2.67 bits per heavy atom. The zero-order valence-corrected chi connectivity index (χ0v) is 9.58. The third kappa shape index (κ3) is 3.39. The minimum Gasteiger partial charge on any atom is -0.334 e. The van der Waals surface area contributed by atoms with Gasteiger partial charge in [-0.05, 0) is 6.42 Å². The molecule has 0 aromatic carbocycles. The van der Waals surface area contributed by atoms with Crippen LogP contribution in [-0.2, 0) is 19.4 Å².